The van der Waals surface area contributed by atoms with Gasteiger partial charge in [0.2, 0.25) is 0 Å². The summed E-state index contributed by atoms with van der Waals surface area (Å²) in [6.07, 6.45) is 1.55. The van der Waals surface area contributed by atoms with Crippen LogP contribution in [-0.2, 0) is 16.1 Å². The van der Waals surface area contributed by atoms with E-state index in [1.165, 1.54) is 11.3 Å². The smallest absolute Gasteiger partial charge is 0.310 e. The van der Waals surface area contributed by atoms with Gasteiger partial charge in [0.1, 0.15) is 23.1 Å². The zero-order valence-corrected chi connectivity index (χ0v) is 16.5. The highest BCUT2D eigenvalue weighted by Gasteiger charge is 2.30. The van der Waals surface area contributed by atoms with Gasteiger partial charge in [-0.3, -0.25) is 9.59 Å². The average Bonchev–Trinajstić information content (AvgIpc) is 3.16. The summed E-state index contributed by atoms with van der Waals surface area (Å²) < 4.78 is 10.9. The Hall–Kier alpha value is -2.41. The average molecular weight is 388 g/mol. The summed E-state index contributed by atoms with van der Waals surface area (Å²) in [5.74, 6) is 0.210. The van der Waals surface area contributed by atoms with Crippen molar-refractivity contribution in [3.8, 4) is 5.75 Å². The van der Waals surface area contributed by atoms with Crippen LogP contribution < -0.4 is 4.74 Å². The van der Waals surface area contributed by atoms with Gasteiger partial charge < -0.3 is 14.4 Å². The second-order valence-corrected chi connectivity index (χ2v) is 7.47. The zero-order chi connectivity index (χ0) is 19.2. The number of benzene rings is 1. The number of carbonyl (C=O) groups is 2. The molecule has 1 atom stereocenters. The molecule has 6 nitrogen and oxygen atoms in total. The first-order valence-electron chi connectivity index (χ1n) is 9.17. The number of para-hydroxylation sites is 1. The molecule has 0 saturated carbocycles. The molecule has 27 heavy (non-hydrogen) atoms. The van der Waals surface area contributed by atoms with Crippen molar-refractivity contribution in [2.24, 2.45) is 5.92 Å². The fraction of sp³-hybridized carbons (Fsp3) is 0.450. The number of ether oxygens (including phenoxy) is 2. The third-order valence-electron chi connectivity index (χ3n) is 4.54. The van der Waals surface area contributed by atoms with E-state index in [4.69, 9.17) is 9.47 Å². The molecule has 2 heterocycles. The molecule has 1 aromatic carbocycles. The van der Waals surface area contributed by atoms with Crippen LogP contribution in [-0.4, -0.2) is 41.5 Å². The van der Waals surface area contributed by atoms with Crippen molar-refractivity contribution in [3.63, 3.8) is 0 Å². The van der Waals surface area contributed by atoms with Gasteiger partial charge in [0.05, 0.1) is 12.5 Å². The minimum Gasteiger partial charge on any atom is -0.486 e. The summed E-state index contributed by atoms with van der Waals surface area (Å²) in [6.45, 7) is 5.50. The van der Waals surface area contributed by atoms with Crippen LogP contribution in [0.3, 0.4) is 0 Å². The topological polar surface area (TPSA) is 68.7 Å². The van der Waals surface area contributed by atoms with Crippen LogP contribution in [0.1, 0.15) is 40.8 Å². The first-order chi connectivity index (χ1) is 13.1. The molecule has 7 heteroatoms. The normalized spacial score (nSPS) is 16.8. The van der Waals surface area contributed by atoms with Crippen LogP contribution in [0.5, 0.6) is 5.75 Å². The molecule has 1 amide bonds. The minimum absolute atomic E-state index is 0.137. The number of hydrogen-bond donors (Lipinski definition) is 0. The van der Waals surface area contributed by atoms with Gasteiger partial charge >= 0.3 is 5.97 Å². The van der Waals surface area contributed by atoms with Crippen LogP contribution >= 0.6 is 11.3 Å². The van der Waals surface area contributed by atoms with E-state index >= 15 is 0 Å². The van der Waals surface area contributed by atoms with Crippen molar-refractivity contribution < 1.29 is 19.1 Å². The second kappa shape index (κ2) is 8.99. The van der Waals surface area contributed by atoms with Crippen molar-refractivity contribution in [2.75, 3.05) is 19.7 Å². The van der Waals surface area contributed by atoms with E-state index in [-0.39, 0.29) is 17.8 Å². The van der Waals surface area contributed by atoms with Gasteiger partial charge in [-0.1, -0.05) is 18.2 Å². The van der Waals surface area contributed by atoms with Gasteiger partial charge in [-0.05, 0) is 38.3 Å². The highest BCUT2D eigenvalue weighted by molar-refractivity contribution is 7.09. The van der Waals surface area contributed by atoms with Crippen LogP contribution in [0.25, 0.3) is 0 Å². The monoisotopic (exact) mass is 388 g/mol. The van der Waals surface area contributed by atoms with Gasteiger partial charge in [-0.15, -0.1) is 11.3 Å². The maximum atomic E-state index is 12.7. The third-order valence-corrected chi connectivity index (χ3v) is 5.37. The Morgan fingerprint density at radius 2 is 2.15 bits per heavy atom. The van der Waals surface area contributed by atoms with E-state index in [0.29, 0.717) is 32.0 Å². The van der Waals surface area contributed by atoms with Gasteiger partial charge in [0, 0.05) is 18.5 Å². The van der Waals surface area contributed by atoms with Crippen molar-refractivity contribution >= 4 is 23.2 Å². The van der Waals surface area contributed by atoms with E-state index < -0.39 is 0 Å². The first-order valence-corrected chi connectivity index (χ1v) is 10.0. The second-order valence-electron chi connectivity index (χ2n) is 6.52. The SMILES string of the molecule is CCOC(=O)C1CCCN(C(=O)c2csc(COc3ccccc3C)n2)C1. The summed E-state index contributed by atoms with van der Waals surface area (Å²) in [4.78, 5) is 30.8. The molecule has 1 unspecified atom stereocenters. The van der Waals surface area contributed by atoms with Gasteiger partial charge in [0.15, 0.2) is 0 Å². The van der Waals surface area contributed by atoms with Gasteiger partial charge in [0.25, 0.3) is 5.91 Å². The molecule has 3 rings (SSSR count). The summed E-state index contributed by atoms with van der Waals surface area (Å²) in [5, 5.41) is 2.51. The summed E-state index contributed by atoms with van der Waals surface area (Å²) in [6, 6.07) is 7.79. The lowest BCUT2D eigenvalue weighted by Crippen LogP contribution is -2.43. The molecule has 2 aromatic rings. The van der Waals surface area contributed by atoms with Crippen LogP contribution in [0, 0.1) is 12.8 Å². The molecule has 0 N–H and O–H groups in total. The molecule has 1 saturated heterocycles. The number of nitrogens with zero attached hydrogens (tertiary/aromatic N) is 2. The first kappa shape index (κ1) is 19.4. The third kappa shape index (κ3) is 4.86. The number of carbonyl (C=O) groups excluding carboxylic acids is 2. The number of thiazole rings is 1. The lowest BCUT2D eigenvalue weighted by atomic mass is 9.98. The molecular formula is C20H24N2O4S. The highest BCUT2D eigenvalue weighted by Crippen LogP contribution is 2.22. The predicted molar refractivity (Wildman–Crippen MR) is 103 cm³/mol. The Kier molecular flexibility index (Phi) is 6.45. The highest BCUT2D eigenvalue weighted by atomic mass is 32.1. The number of amides is 1. The van der Waals surface area contributed by atoms with Crippen LogP contribution in [0.15, 0.2) is 29.6 Å². The summed E-state index contributed by atoms with van der Waals surface area (Å²) in [7, 11) is 0. The van der Waals surface area contributed by atoms with Crippen LogP contribution in [0.2, 0.25) is 0 Å². The molecule has 1 aromatic heterocycles. The van der Waals surface area contributed by atoms with E-state index in [1.54, 1.807) is 17.2 Å². The lowest BCUT2D eigenvalue weighted by molar-refractivity contribution is -0.149. The standard InChI is InChI=1S/C20H24N2O4S/c1-3-25-20(24)15-8-6-10-22(11-15)19(23)16-13-27-18(21-16)12-26-17-9-5-4-7-14(17)2/h4-5,7,9,13,15H,3,6,8,10-12H2,1-2H3. The van der Waals surface area contributed by atoms with E-state index in [0.717, 1.165) is 29.2 Å². The molecule has 0 aliphatic carbocycles. The molecule has 0 bridgehead atoms. The summed E-state index contributed by atoms with van der Waals surface area (Å²) in [5.41, 5.74) is 1.47. The number of piperidine rings is 1. The van der Waals surface area contributed by atoms with Crippen molar-refractivity contribution in [2.45, 2.75) is 33.3 Å². The van der Waals surface area contributed by atoms with E-state index in [2.05, 4.69) is 4.98 Å². The molecule has 1 aliphatic heterocycles. The fourth-order valence-electron chi connectivity index (χ4n) is 3.11. The zero-order valence-electron chi connectivity index (χ0n) is 15.6. The lowest BCUT2D eigenvalue weighted by Gasteiger charge is -2.31. The van der Waals surface area contributed by atoms with E-state index in [1.807, 2.05) is 31.2 Å². The molecule has 1 aliphatic rings. The maximum absolute atomic E-state index is 12.7. The number of likely N-dealkylation sites (tertiary alicyclic amines) is 1. The molecule has 1 fully saturated rings. The minimum atomic E-state index is -0.245. The number of hydrogen-bond acceptors (Lipinski definition) is 6. The fourth-order valence-corrected chi connectivity index (χ4v) is 3.79. The van der Waals surface area contributed by atoms with Crippen molar-refractivity contribution in [1.82, 2.24) is 9.88 Å². The van der Waals surface area contributed by atoms with Crippen molar-refractivity contribution in [3.05, 3.63) is 45.9 Å². The quantitative estimate of drug-likeness (QED) is 0.709. The van der Waals surface area contributed by atoms with Gasteiger partial charge in [-0.25, -0.2) is 4.98 Å². The molecular weight excluding hydrogens is 364 g/mol. The van der Waals surface area contributed by atoms with E-state index in [9.17, 15) is 9.59 Å². The Labute approximate surface area is 163 Å². The Morgan fingerprint density at radius 3 is 2.93 bits per heavy atom. The van der Waals surface area contributed by atoms with Crippen LogP contribution in [0.4, 0.5) is 0 Å². The maximum Gasteiger partial charge on any atom is 0.310 e. The number of esters is 1. The number of aromatic nitrogens is 1. The summed E-state index contributed by atoms with van der Waals surface area (Å²) >= 11 is 1.41. The number of aryl methyl sites for hydroxylation is 1. The predicted octanol–water partition coefficient (Wildman–Crippen LogP) is 3.45. The number of rotatable bonds is 6. The molecule has 0 spiro atoms. The Bertz CT molecular complexity index is 805. The van der Waals surface area contributed by atoms with Crippen molar-refractivity contribution in [1.29, 1.82) is 0 Å². The Balaban J connectivity index is 1.59. The Morgan fingerprint density at radius 1 is 1.33 bits per heavy atom. The van der Waals surface area contributed by atoms with Gasteiger partial charge in [-0.2, -0.15) is 0 Å². The largest absolute Gasteiger partial charge is 0.486 e. The molecule has 144 valence electrons. The molecule has 0 radical (unpaired) electrons.